The molecule has 0 spiro atoms. The van der Waals surface area contributed by atoms with E-state index in [1.807, 2.05) is 13.0 Å². The van der Waals surface area contributed by atoms with Gasteiger partial charge in [-0.15, -0.1) is 0 Å². The summed E-state index contributed by atoms with van der Waals surface area (Å²) in [5.74, 6) is 1.74. The van der Waals surface area contributed by atoms with E-state index >= 15 is 0 Å². The Morgan fingerprint density at radius 3 is 2.65 bits per heavy atom. The average Bonchev–Trinajstić information content (AvgIpc) is 3.36. The van der Waals surface area contributed by atoms with Crippen LogP contribution < -0.4 is 10.6 Å². The summed E-state index contributed by atoms with van der Waals surface area (Å²) in [6, 6.07) is 7.54. The minimum absolute atomic E-state index is 0.216. The fraction of sp³-hybridized carbons (Fsp3) is 0.545. The lowest BCUT2D eigenvalue weighted by Crippen LogP contribution is -2.44. The molecule has 0 radical (unpaired) electrons. The van der Waals surface area contributed by atoms with Crippen molar-refractivity contribution in [3.8, 4) is 0 Å². The molecule has 6 nitrogen and oxygen atoms in total. The normalized spacial score (nSPS) is 18.0. The lowest BCUT2D eigenvalue weighted by Gasteiger charge is -2.19. The van der Waals surface area contributed by atoms with E-state index in [4.69, 9.17) is 4.52 Å². The second-order valence-electron chi connectivity index (χ2n) is 8.13. The van der Waals surface area contributed by atoms with Crippen LogP contribution in [0.15, 0.2) is 39.8 Å². The number of benzene rings is 1. The number of hydrogen-bond acceptors (Lipinski definition) is 4. The largest absolute Gasteiger partial charge is 0.416 e. The molecule has 1 aliphatic heterocycles. The number of halogens is 3. The zero-order chi connectivity index (χ0) is 22.4. The van der Waals surface area contributed by atoms with Crippen LogP contribution in [0.2, 0.25) is 0 Å². The van der Waals surface area contributed by atoms with Crippen molar-refractivity contribution in [1.82, 2.24) is 20.7 Å². The molecule has 3 rings (SSSR count). The summed E-state index contributed by atoms with van der Waals surface area (Å²) in [7, 11) is 0. The Balaban J connectivity index is 1.52. The smallest absolute Gasteiger partial charge is 0.359 e. The Kier molecular flexibility index (Phi) is 7.59. The molecule has 2 heterocycles. The molecule has 170 valence electrons. The zero-order valence-electron chi connectivity index (χ0n) is 18.2. The van der Waals surface area contributed by atoms with E-state index in [-0.39, 0.29) is 6.04 Å². The van der Waals surface area contributed by atoms with Crippen LogP contribution >= 0.6 is 0 Å². The third-order valence-electron chi connectivity index (χ3n) is 5.21. The van der Waals surface area contributed by atoms with Crippen LogP contribution in [-0.4, -0.2) is 41.7 Å². The van der Waals surface area contributed by atoms with Gasteiger partial charge in [-0.25, -0.2) is 4.99 Å². The number of likely N-dealkylation sites (tertiary alicyclic amines) is 1. The first-order valence-corrected chi connectivity index (χ1v) is 10.6. The quantitative estimate of drug-likeness (QED) is 0.503. The Hall–Kier alpha value is -2.55. The Labute approximate surface area is 180 Å². The number of nitrogens with zero attached hydrogens (tertiary/aromatic N) is 3. The zero-order valence-corrected chi connectivity index (χ0v) is 18.2. The van der Waals surface area contributed by atoms with Gasteiger partial charge in [-0.3, -0.25) is 4.90 Å². The first-order valence-electron chi connectivity index (χ1n) is 10.6. The van der Waals surface area contributed by atoms with Gasteiger partial charge in [0.05, 0.1) is 11.3 Å². The fourth-order valence-corrected chi connectivity index (χ4v) is 3.50. The first-order chi connectivity index (χ1) is 14.7. The third kappa shape index (κ3) is 6.72. The van der Waals surface area contributed by atoms with Crippen LogP contribution in [0.4, 0.5) is 13.2 Å². The van der Waals surface area contributed by atoms with Gasteiger partial charge in [0, 0.05) is 38.3 Å². The van der Waals surface area contributed by atoms with Crippen LogP contribution in [0.25, 0.3) is 0 Å². The molecule has 2 N–H and O–H groups in total. The molecule has 0 bridgehead atoms. The summed E-state index contributed by atoms with van der Waals surface area (Å²) in [5.41, 5.74) is 1.18. The van der Waals surface area contributed by atoms with Crippen molar-refractivity contribution >= 4 is 5.96 Å². The van der Waals surface area contributed by atoms with Crippen LogP contribution in [-0.2, 0) is 19.3 Å². The Bertz CT molecular complexity index is 861. The van der Waals surface area contributed by atoms with E-state index in [1.165, 1.54) is 0 Å². The number of alkyl halides is 3. The van der Waals surface area contributed by atoms with Crippen molar-refractivity contribution in [1.29, 1.82) is 0 Å². The Morgan fingerprint density at radius 2 is 2.03 bits per heavy atom. The van der Waals surface area contributed by atoms with E-state index in [0.29, 0.717) is 25.0 Å². The molecule has 0 saturated carbocycles. The maximum atomic E-state index is 12.7. The summed E-state index contributed by atoms with van der Waals surface area (Å²) in [4.78, 5) is 6.83. The molecular weight excluding hydrogens is 407 g/mol. The first kappa shape index (κ1) is 23.1. The van der Waals surface area contributed by atoms with Gasteiger partial charge >= 0.3 is 6.18 Å². The topological polar surface area (TPSA) is 65.7 Å². The second-order valence-corrected chi connectivity index (χ2v) is 8.13. The SMILES string of the molecule is CCNC(=NCc1cc(C(C)C)no1)NC1CCN(Cc2ccc(C(F)(F)F)cc2)C1. The highest BCUT2D eigenvalue weighted by atomic mass is 19.4. The van der Waals surface area contributed by atoms with Gasteiger partial charge in [0.2, 0.25) is 0 Å². The van der Waals surface area contributed by atoms with E-state index in [1.54, 1.807) is 12.1 Å². The molecule has 2 aromatic rings. The maximum absolute atomic E-state index is 12.7. The van der Waals surface area contributed by atoms with Gasteiger partial charge in [-0.05, 0) is 37.0 Å². The van der Waals surface area contributed by atoms with Gasteiger partial charge in [-0.1, -0.05) is 31.1 Å². The van der Waals surface area contributed by atoms with Crippen molar-refractivity contribution in [3.05, 3.63) is 52.9 Å². The van der Waals surface area contributed by atoms with Crippen molar-refractivity contribution < 1.29 is 17.7 Å². The molecule has 1 aromatic carbocycles. The highest BCUT2D eigenvalue weighted by Crippen LogP contribution is 2.29. The molecule has 0 aliphatic carbocycles. The van der Waals surface area contributed by atoms with Crippen LogP contribution in [0.5, 0.6) is 0 Å². The molecule has 1 saturated heterocycles. The number of aromatic nitrogens is 1. The molecule has 1 aliphatic rings. The molecular formula is C22H30F3N5O. The summed E-state index contributed by atoms with van der Waals surface area (Å²) >= 11 is 0. The minimum Gasteiger partial charge on any atom is -0.359 e. The van der Waals surface area contributed by atoms with Gasteiger partial charge in [0.25, 0.3) is 0 Å². The monoisotopic (exact) mass is 437 g/mol. The summed E-state index contributed by atoms with van der Waals surface area (Å²) in [6.07, 6.45) is -3.36. The molecule has 9 heteroatoms. The minimum atomic E-state index is -4.30. The Morgan fingerprint density at radius 1 is 1.29 bits per heavy atom. The van der Waals surface area contributed by atoms with Crippen molar-refractivity contribution in [2.24, 2.45) is 4.99 Å². The summed E-state index contributed by atoms with van der Waals surface area (Å²) < 4.78 is 43.5. The average molecular weight is 438 g/mol. The number of guanidine groups is 1. The van der Waals surface area contributed by atoms with Crippen molar-refractivity contribution in [3.63, 3.8) is 0 Å². The summed E-state index contributed by atoms with van der Waals surface area (Å²) in [6.45, 7) is 9.57. The number of aliphatic imine (C=N–C) groups is 1. The summed E-state index contributed by atoms with van der Waals surface area (Å²) in [5, 5.41) is 10.8. The molecule has 1 aromatic heterocycles. The second kappa shape index (κ2) is 10.2. The van der Waals surface area contributed by atoms with Gasteiger partial charge < -0.3 is 15.2 Å². The lowest BCUT2D eigenvalue weighted by molar-refractivity contribution is -0.137. The molecule has 0 amide bonds. The number of nitrogens with one attached hydrogen (secondary N) is 2. The third-order valence-corrected chi connectivity index (χ3v) is 5.21. The highest BCUT2D eigenvalue weighted by molar-refractivity contribution is 5.80. The van der Waals surface area contributed by atoms with Gasteiger partial charge in [-0.2, -0.15) is 13.2 Å². The fourth-order valence-electron chi connectivity index (χ4n) is 3.50. The highest BCUT2D eigenvalue weighted by Gasteiger charge is 2.30. The maximum Gasteiger partial charge on any atom is 0.416 e. The van der Waals surface area contributed by atoms with E-state index in [2.05, 4.69) is 39.5 Å². The predicted molar refractivity (Wildman–Crippen MR) is 114 cm³/mol. The van der Waals surface area contributed by atoms with Crippen LogP contribution in [0.3, 0.4) is 0 Å². The number of rotatable bonds is 7. The predicted octanol–water partition coefficient (Wildman–Crippen LogP) is 4.15. The van der Waals surface area contributed by atoms with E-state index < -0.39 is 11.7 Å². The standard InChI is InChI=1S/C22H30F3N5O/c1-4-26-21(27-12-19-11-20(15(2)3)29-31-19)28-18-9-10-30(14-18)13-16-5-7-17(8-6-16)22(23,24)25/h5-8,11,15,18H,4,9-10,12-14H2,1-3H3,(H2,26,27,28). The lowest BCUT2D eigenvalue weighted by atomic mass is 10.1. The molecule has 31 heavy (non-hydrogen) atoms. The van der Waals surface area contributed by atoms with Gasteiger partial charge in [0.15, 0.2) is 11.7 Å². The van der Waals surface area contributed by atoms with E-state index in [0.717, 1.165) is 55.2 Å². The molecule has 1 unspecified atom stereocenters. The number of hydrogen-bond donors (Lipinski definition) is 2. The van der Waals surface area contributed by atoms with Crippen molar-refractivity contribution in [2.45, 2.75) is 58.4 Å². The van der Waals surface area contributed by atoms with Crippen molar-refractivity contribution in [2.75, 3.05) is 19.6 Å². The van der Waals surface area contributed by atoms with Crippen LogP contribution in [0.1, 0.15) is 55.7 Å². The van der Waals surface area contributed by atoms with E-state index in [9.17, 15) is 13.2 Å². The molecule has 1 atom stereocenters. The molecule has 1 fully saturated rings. The van der Waals surface area contributed by atoms with Gasteiger partial charge in [0.1, 0.15) is 6.54 Å². The van der Waals surface area contributed by atoms with Crippen LogP contribution in [0, 0.1) is 0 Å².